The van der Waals surface area contributed by atoms with Crippen molar-refractivity contribution in [2.45, 2.75) is 39.7 Å². The molecule has 1 atom stereocenters. The van der Waals surface area contributed by atoms with Crippen LogP contribution in [0.4, 0.5) is 9.93 Å². The van der Waals surface area contributed by atoms with E-state index in [1.807, 2.05) is 32.9 Å². The van der Waals surface area contributed by atoms with Crippen molar-refractivity contribution in [2.24, 2.45) is 16.6 Å². The van der Waals surface area contributed by atoms with Crippen LogP contribution in [0.2, 0.25) is 0 Å². The summed E-state index contributed by atoms with van der Waals surface area (Å²) in [4.78, 5) is 47.3. The third-order valence-electron chi connectivity index (χ3n) is 5.41. The minimum absolute atomic E-state index is 0.140. The molecule has 3 heterocycles. The van der Waals surface area contributed by atoms with Crippen LogP contribution in [-0.2, 0) is 4.79 Å². The van der Waals surface area contributed by atoms with Crippen molar-refractivity contribution in [3.05, 3.63) is 35.0 Å². The monoisotopic (exact) mass is 425 g/mol. The number of rotatable bonds is 4. The third-order valence-corrected chi connectivity index (χ3v) is 6.53. The van der Waals surface area contributed by atoms with Crippen LogP contribution in [0, 0.1) is 12.8 Å². The van der Waals surface area contributed by atoms with E-state index >= 15 is 0 Å². The van der Waals surface area contributed by atoms with E-state index < -0.39 is 11.9 Å². The molecule has 1 aromatic heterocycles. The van der Waals surface area contributed by atoms with E-state index in [0.717, 1.165) is 33.8 Å². The summed E-state index contributed by atoms with van der Waals surface area (Å²) in [6, 6.07) is 4.70. The number of fused-ring (bicyclic) bond motifs is 1. The Morgan fingerprint density at radius 1 is 1.30 bits per heavy atom. The highest BCUT2D eigenvalue weighted by Crippen LogP contribution is 2.36. The molecule has 156 valence electrons. The zero-order chi connectivity index (χ0) is 21.6. The molecule has 30 heavy (non-hydrogen) atoms. The van der Waals surface area contributed by atoms with Gasteiger partial charge in [0.2, 0.25) is 5.91 Å². The summed E-state index contributed by atoms with van der Waals surface area (Å²) in [6.45, 7) is 6.39. The van der Waals surface area contributed by atoms with Crippen molar-refractivity contribution in [3.63, 3.8) is 0 Å². The third kappa shape index (κ3) is 3.49. The van der Waals surface area contributed by atoms with Crippen LogP contribution in [0.25, 0.3) is 10.4 Å². The van der Waals surface area contributed by atoms with Gasteiger partial charge in [0, 0.05) is 12.1 Å². The highest BCUT2D eigenvalue weighted by atomic mass is 32.1. The topological polar surface area (TPSA) is 118 Å². The first-order chi connectivity index (χ1) is 14.3. The fourth-order valence-electron chi connectivity index (χ4n) is 3.94. The lowest BCUT2D eigenvalue weighted by Gasteiger charge is -2.21. The maximum atomic E-state index is 12.6. The Morgan fingerprint density at radius 3 is 2.77 bits per heavy atom. The molecule has 0 bridgehead atoms. The van der Waals surface area contributed by atoms with Gasteiger partial charge in [0.25, 0.3) is 5.91 Å². The fraction of sp³-hybridized carbons (Fsp3) is 0.381. The SMILES string of the molecule is Cc1nc(NC(=O)N2CCC[C@H]2C(N)=O)sc1-c1ccc2c(c1)C(C(C)C)=NC2=O. The predicted molar refractivity (Wildman–Crippen MR) is 116 cm³/mol. The number of amides is 4. The Morgan fingerprint density at radius 2 is 2.07 bits per heavy atom. The molecule has 0 aliphatic carbocycles. The number of nitrogens with two attached hydrogens (primary N) is 1. The van der Waals surface area contributed by atoms with Crippen molar-refractivity contribution in [1.29, 1.82) is 0 Å². The van der Waals surface area contributed by atoms with Gasteiger partial charge in [0.1, 0.15) is 6.04 Å². The van der Waals surface area contributed by atoms with E-state index in [1.165, 1.54) is 16.2 Å². The van der Waals surface area contributed by atoms with Crippen LogP contribution in [0.3, 0.4) is 0 Å². The summed E-state index contributed by atoms with van der Waals surface area (Å²) in [5.74, 6) is -0.556. The van der Waals surface area contributed by atoms with E-state index in [0.29, 0.717) is 23.7 Å². The van der Waals surface area contributed by atoms with Gasteiger partial charge in [-0.1, -0.05) is 31.3 Å². The lowest BCUT2D eigenvalue weighted by Crippen LogP contribution is -2.45. The Kier molecular flexibility index (Phi) is 5.15. The van der Waals surface area contributed by atoms with Crippen molar-refractivity contribution in [3.8, 4) is 10.4 Å². The smallest absolute Gasteiger partial charge is 0.324 e. The van der Waals surface area contributed by atoms with Gasteiger partial charge in [-0.2, -0.15) is 0 Å². The number of urea groups is 1. The first-order valence-corrected chi connectivity index (χ1v) is 10.7. The second kappa shape index (κ2) is 7.64. The summed E-state index contributed by atoms with van der Waals surface area (Å²) in [7, 11) is 0. The molecule has 2 aromatic rings. The molecule has 0 unspecified atom stereocenters. The van der Waals surface area contributed by atoms with Crippen molar-refractivity contribution in [1.82, 2.24) is 9.88 Å². The van der Waals surface area contributed by atoms with E-state index in [9.17, 15) is 14.4 Å². The predicted octanol–water partition coefficient (Wildman–Crippen LogP) is 3.20. The largest absolute Gasteiger partial charge is 0.368 e. The van der Waals surface area contributed by atoms with E-state index in [1.54, 1.807) is 6.07 Å². The number of hydrogen-bond donors (Lipinski definition) is 2. The highest BCUT2D eigenvalue weighted by Gasteiger charge is 2.33. The number of aromatic nitrogens is 1. The summed E-state index contributed by atoms with van der Waals surface area (Å²) < 4.78 is 0. The minimum Gasteiger partial charge on any atom is -0.368 e. The number of thiazole rings is 1. The minimum atomic E-state index is -0.575. The van der Waals surface area contributed by atoms with E-state index in [4.69, 9.17) is 5.73 Å². The summed E-state index contributed by atoms with van der Waals surface area (Å²) in [5, 5.41) is 3.25. The number of nitrogens with zero attached hydrogens (tertiary/aromatic N) is 3. The number of aryl methyl sites for hydroxylation is 1. The first kappa shape index (κ1) is 20.2. The number of anilines is 1. The van der Waals surface area contributed by atoms with Gasteiger partial charge in [0.15, 0.2) is 5.13 Å². The number of nitrogens with one attached hydrogen (secondary N) is 1. The molecule has 2 aliphatic rings. The molecule has 8 nitrogen and oxygen atoms in total. The Labute approximate surface area is 178 Å². The fourth-order valence-corrected chi connectivity index (χ4v) is 4.89. The quantitative estimate of drug-likeness (QED) is 0.782. The normalized spacial score (nSPS) is 18.0. The molecule has 4 amide bonds. The molecule has 0 radical (unpaired) electrons. The first-order valence-electron chi connectivity index (χ1n) is 9.88. The lowest BCUT2D eigenvalue weighted by molar-refractivity contribution is -0.121. The standard InChI is InChI=1S/C21H23N5O3S/c1-10(2)16-14-9-12(6-7-13(14)19(28)24-16)17-11(3)23-20(30-17)25-21(29)26-8-4-5-15(26)18(22)27/h6-7,9-10,15H,4-5,8H2,1-3H3,(H2,22,27)(H,23,25,29)/t15-/m0/s1. The number of aliphatic imine (C=N–C) groups is 1. The average molecular weight is 426 g/mol. The Hall–Kier alpha value is -3.07. The zero-order valence-electron chi connectivity index (χ0n) is 17.1. The number of benzene rings is 1. The van der Waals surface area contributed by atoms with E-state index in [2.05, 4.69) is 15.3 Å². The van der Waals surface area contributed by atoms with Crippen LogP contribution in [0.15, 0.2) is 23.2 Å². The van der Waals surface area contributed by atoms with Crippen LogP contribution >= 0.6 is 11.3 Å². The molecule has 0 spiro atoms. The molecule has 4 rings (SSSR count). The second-order valence-corrected chi connectivity index (χ2v) is 8.83. The highest BCUT2D eigenvalue weighted by molar-refractivity contribution is 7.19. The lowest BCUT2D eigenvalue weighted by atomic mass is 9.95. The van der Waals surface area contributed by atoms with Crippen LogP contribution in [0.1, 0.15) is 48.3 Å². The van der Waals surface area contributed by atoms with Gasteiger partial charge in [-0.15, -0.1) is 0 Å². The molecule has 1 fully saturated rings. The number of hydrogen-bond acceptors (Lipinski definition) is 5. The number of carbonyl (C=O) groups is 3. The van der Waals surface area contributed by atoms with Gasteiger partial charge in [-0.25, -0.2) is 14.8 Å². The number of carbonyl (C=O) groups excluding carboxylic acids is 3. The van der Waals surface area contributed by atoms with E-state index in [-0.39, 0.29) is 17.9 Å². The molecule has 9 heteroatoms. The van der Waals surface area contributed by atoms with Crippen LogP contribution < -0.4 is 11.1 Å². The average Bonchev–Trinajstić information content (AvgIpc) is 3.39. The molecular formula is C21H23N5O3S. The van der Waals surface area contributed by atoms with Crippen LogP contribution in [-0.4, -0.2) is 46.0 Å². The molecule has 0 saturated carbocycles. The Balaban J connectivity index is 1.59. The van der Waals surface area contributed by atoms with Crippen molar-refractivity contribution in [2.75, 3.05) is 11.9 Å². The van der Waals surface area contributed by atoms with Gasteiger partial charge in [-0.05, 0) is 43.4 Å². The van der Waals surface area contributed by atoms with Gasteiger partial charge >= 0.3 is 6.03 Å². The summed E-state index contributed by atoms with van der Waals surface area (Å²) in [6.07, 6.45) is 1.33. The molecule has 1 saturated heterocycles. The maximum Gasteiger partial charge on any atom is 0.324 e. The van der Waals surface area contributed by atoms with Crippen LogP contribution in [0.5, 0.6) is 0 Å². The second-order valence-electron chi connectivity index (χ2n) is 7.83. The van der Waals surface area contributed by atoms with Gasteiger partial charge < -0.3 is 10.6 Å². The Bertz CT molecular complexity index is 1090. The van der Waals surface area contributed by atoms with Gasteiger partial charge in [0.05, 0.1) is 21.8 Å². The number of likely N-dealkylation sites (tertiary alicyclic amines) is 1. The summed E-state index contributed by atoms with van der Waals surface area (Å²) >= 11 is 1.35. The summed E-state index contributed by atoms with van der Waals surface area (Å²) in [5.41, 5.74) is 9.36. The maximum absolute atomic E-state index is 12.6. The van der Waals surface area contributed by atoms with Crippen molar-refractivity contribution < 1.29 is 14.4 Å². The van der Waals surface area contributed by atoms with Crippen molar-refractivity contribution >= 4 is 40.0 Å². The molecule has 1 aromatic carbocycles. The molecule has 2 aliphatic heterocycles. The molecular weight excluding hydrogens is 402 g/mol. The number of primary amides is 1. The van der Waals surface area contributed by atoms with Gasteiger partial charge in [-0.3, -0.25) is 14.9 Å². The zero-order valence-corrected chi connectivity index (χ0v) is 17.9. The molecule has 3 N–H and O–H groups in total.